The zero-order chi connectivity index (χ0) is 16.7. The van der Waals surface area contributed by atoms with E-state index in [1.807, 2.05) is 0 Å². The number of amides is 1. The standard InChI is InChI=1S/C13H15F3N2O3S/c1-8-6-10(18-5-3-4-12(18)19)7-11(9(8)2)17-22(20,21)13(14,15)16/h6-7,17H,3-5H2,1-2H3. The minimum Gasteiger partial charge on any atom is -0.312 e. The Bertz CT molecular complexity index is 714. The smallest absolute Gasteiger partial charge is 0.312 e. The lowest BCUT2D eigenvalue weighted by atomic mass is 10.1. The van der Waals surface area contributed by atoms with Gasteiger partial charge in [-0.05, 0) is 43.5 Å². The van der Waals surface area contributed by atoms with Crippen molar-refractivity contribution in [3.05, 3.63) is 23.3 Å². The van der Waals surface area contributed by atoms with Crippen LogP contribution in [0.15, 0.2) is 12.1 Å². The molecule has 0 radical (unpaired) electrons. The van der Waals surface area contributed by atoms with Crippen molar-refractivity contribution in [2.75, 3.05) is 16.2 Å². The Morgan fingerprint density at radius 2 is 1.86 bits per heavy atom. The summed E-state index contributed by atoms with van der Waals surface area (Å²) in [6, 6.07) is 2.92. The van der Waals surface area contributed by atoms with Gasteiger partial charge in [0.05, 0.1) is 5.69 Å². The Kier molecular flexibility index (Phi) is 4.12. The molecular weight excluding hydrogens is 321 g/mol. The number of alkyl halides is 3. The summed E-state index contributed by atoms with van der Waals surface area (Å²) in [5, 5.41) is 0. The average Bonchev–Trinajstić information content (AvgIpc) is 2.79. The van der Waals surface area contributed by atoms with E-state index in [2.05, 4.69) is 0 Å². The first-order valence-corrected chi connectivity index (χ1v) is 8.02. The van der Waals surface area contributed by atoms with Crippen LogP contribution in [0.5, 0.6) is 0 Å². The number of aryl methyl sites for hydroxylation is 1. The molecule has 0 saturated carbocycles. The van der Waals surface area contributed by atoms with E-state index in [9.17, 15) is 26.4 Å². The Morgan fingerprint density at radius 3 is 2.36 bits per heavy atom. The lowest BCUT2D eigenvalue weighted by molar-refractivity contribution is -0.117. The molecule has 0 aliphatic carbocycles. The van der Waals surface area contributed by atoms with Gasteiger partial charge in [0.1, 0.15) is 0 Å². The monoisotopic (exact) mass is 336 g/mol. The molecular formula is C13H15F3N2O3S. The van der Waals surface area contributed by atoms with Gasteiger partial charge in [-0.25, -0.2) is 0 Å². The third kappa shape index (κ3) is 3.03. The van der Waals surface area contributed by atoms with Gasteiger partial charge in [0, 0.05) is 18.7 Å². The van der Waals surface area contributed by atoms with Crippen molar-refractivity contribution in [1.82, 2.24) is 0 Å². The number of hydrogen-bond acceptors (Lipinski definition) is 3. The zero-order valence-corrected chi connectivity index (χ0v) is 12.8. The summed E-state index contributed by atoms with van der Waals surface area (Å²) >= 11 is 0. The van der Waals surface area contributed by atoms with E-state index in [4.69, 9.17) is 0 Å². The largest absolute Gasteiger partial charge is 0.516 e. The molecule has 1 aromatic rings. The quantitative estimate of drug-likeness (QED) is 0.923. The third-order valence-corrected chi connectivity index (χ3v) is 4.68. The molecule has 1 N–H and O–H groups in total. The number of sulfonamides is 1. The van der Waals surface area contributed by atoms with Crippen molar-refractivity contribution in [1.29, 1.82) is 0 Å². The Morgan fingerprint density at radius 1 is 1.23 bits per heavy atom. The molecule has 1 fully saturated rings. The summed E-state index contributed by atoms with van der Waals surface area (Å²) in [5.74, 6) is -0.132. The molecule has 0 bridgehead atoms. The summed E-state index contributed by atoms with van der Waals surface area (Å²) in [6.07, 6.45) is 1.03. The molecule has 0 aromatic heterocycles. The van der Waals surface area contributed by atoms with Crippen LogP contribution in [0.25, 0.3) is 0 Å². The summed E-state index contributed by atoms with van der Waals surface area (Å²) < 4.78 is 61.6. The van der Waals surface area contributed by atoms with Gasteiger partial charge in [0.25, 0.3) is 0 Å². The summed E-state index contributed by atoms with van der Waals surface area (Å²) in [6.45, 7) is 3.62. The van der Waals surface area contributed by atoms with Crippen LogP contribution < -0.4 is 9.62 Å². The molecule has 122 valence electrons. The first-order valence-electron chi connectivity index (χ1n) is 6.53. The number of nitrogens with one attached hydrogen (secondary N) is 1. The first-order chi connectivity index (χ1) is 10.0. The molecule has 5 nitrogen and oxygen atoms in total. The fourth-order valence-electron chi connectivity index (χ4n) is 2.23. The van der Waals surface area contributed by atoms with Crippen molar-refractivity contribution < 1.29 is 26.4 Å². The van der Waals surface area contributed by atoms with Crippen LogP contribution in [0.1, 0.15) is 24.0 Å². The van der Waals surface area contributed by atoms with E-state index >= 15 is 0 Å². The summed E-state index contributed by atoms with van der Waals surface area (Å²) in [4.78, 5) is 13.2. The Labute approximate surface area is 126 Å². The minimum absolute atomic E-state index is 0.132. The van der Waals surface area contributed by atoms with Crippen LogP contribution in [0.3, 0.4) is 0 Å². The highest BCUT2D eigenvalue weighted by Gasteiger charge is 2.46. The van der Waals surface area contributed by atoms with Crippen LogP contribution in [0.4, 0.5) is 24.5 Å². The normalized spacial score (nSPS) is 16.2. The molecule has 2 rings (SSSR count). The van der Waals surface area contributed by atoms with E-state index in [-0.39, 0.29) is 11.6 Å². The fraction of sp³-hybridized carbons (Fsp3) is 0.462. The highest BCUT2D eigenvalue weighted by atomic mass is 32.2. The molecule has 0 unspecified atom stereocenters. The van der Waals surface area contributed by atoms with Gasteiger partial charge in [0.15, 0.2) is 0 Å². The number of hydrogen-bond donors (Lipinski definition) is 1. The second-order valence-electron chi connectivity index (χ2n) is 5.14. The molecule has 1 amide bonds. The van der Waals surface area contributed by atoms with Gasteiger partial charge in [-0.2, -0.15) is 21.6 Å². The predicted molar refractivity (Wildman–Crippen MR) is 76.1 cm³/mol. The number of carbonyl (C=O) groups is 1. The van der Waals surface area contributed by atoms with Gasteiger partial charge in [0.2, 0.25) is 5.91 Å². The number of halogens is 3. The van der Waals surface area contributed by atoms with Crippen LogP contribution >= 0.6 is 0 Å². The minimum atomic E-state index is -5.50. The molecule has 9 heteroatoms. The first kappa shape index (κ1) is 16.6. The maximum atomic E-state index is 12.5. The summed E-state index contributed by atoms with van der Waals surface area (Å²) in [5.41, 5.74) is -4.20. The van der Waals surface area contributed by atoms with Crippen LogP contribution in [0, 0.1) is 13.8 Å². The Hall–Kier alpha value is -1.77. The molecule has 1 saturated heterocycles. The van der Waals surface area contributed by atoms with Crippen molar-refractivity contribution in [3.8, 4) is 0 Å². The number of nitrogens with zero attached hydrogens (tertiary/aromatic N) is 1. The topological polar surface area (TPSA) is 66.5 Å². The second-order valence-corrected chi connectivity index (χ2v) is 6.81. The predicted octanol–water partition coefficient (Wildman–Crippen LogP) is 2.69. The zero-order valence-electron chi connectivity index (χ0n) is 12.0. The van der Waals surface area contributed by atoms with Gasteiger partial charge < -0.3 is 4.90 Å². The fourth-order valence-corrected chi connectivity index (χ4v) is 2.84. The van der Waals surface area contributed by atoms with E-state index in [1.54, 1.807) is 17.7 Å². The van der Waals surface area contributed by atoms with E-state index in [0.29, 0.717) is 36.2 Å². The maximum Gasteiger partial charge on any atom is 0.516 e. The van der Waals surface area contributed by atoms with Crippen LogP contribution in [-0.2, 0) is 14.8 Å². The lowest BCUT2D eigenvalue weighted by Crippen LogP contribution is -2.30. The molecule has 1 heterocycles. The van der Waals surface area contributed by atoms with Gasteiger partial charge >= 0.3 is 15.5 Å². The number of carbonyl (C=O) groups excluding carboxylic acids is 1. The van der Waals surface area contributed by atoms with Gasteiger partial charge in [-0.15, -0.1) is 0 Å². The van der Waals surface area contributed by atoms with Gasteiger partial charge in [-0.3, -0.25) is 9.52 Å². The number of benzene rings is 1. The van der Waals surface area contributed by atoms with Crippen molar-refractivity contribution in [2.45, 2.75) is 32.2 Å². The lowest BCUT2D eigenvalue weighted by Gasteiger charge is -2.20. The Balaban J connectivity index is 2.44. The molecule has 1 aliphatic heterocycles. The van der Waals surface area contributed by atoms with Crippen LogP contribution in [0.2, 0.25) is 0 Å². The van der Waals surface area contributed by atoms with Crippen molar-refractivity contribution >= 4 is 27.3 Å². The molecule has 0 spiro atoms. The van der Waals surface area contributed by atoms with E-state index < -0.39 is 15.5 Å². The highest BCUT2D eigenvalue weighted by molar-refractivity contribution is 7.93. The molecule has 1 aliphatic rings. The molecule has 0 atom stereocenters. The maximum absolute atomic E-state index is 12.5. The third-order valence-electron chi connectivity index (χ3n) is 3.59. The second kappa shape index (κ2) is 5.45. The molecule has 1 aromatic carbocycles. The van der Waals surface area contributed by atoms with E-state index in [0.717, 1.165) is 0 Å². The summed E-state index contributed by atoms with van der Waals surface area (Å²) in [7, 11) is -5.50. The van der Waals surface area contributed by atoms with Crippen LogP contribution in [-0.4, -0.2) is 26.4 Å². The SMILES string of the molecule is Cc1cc(N2CCCC2=O)cc(NS(=O)(=O)C(F)(F)F)c1C. The van der Waals surface area contributed by atoms with Gasteiger partial charge in [-0.1, -0.05) is 0 Å². The van der Waals surface area contributed by atoms with Crippen molar-refractivity contribution in [3.63, 3.8) is 0 Å². The number of anilines is 2. The van der Waals surface area contributed by atoms with Crippen molar-refractivity contribution in [2.24, 2.45) is 0 Å². The number of rotatable bonds is 3. The van der Waals surface area contributed by atoms with E-state index in [1.165, 1.54) is 17.9 Å². The molecule has 22 heavy (non-hydrogen) atoms. The average molecular weight is 336 g/mol. The highest BCUT2D eigenvalue weighted by Crippen LogP contribution is 2.32.